The summed E-state index contributed by atoms with van der Waals surface area (Å²) in [6.45, 7) is 0.997. The molecule has 1 aromatic heterocycles. The molecular formula is C19H19F2N3O. The first-order valence-electron chi connectivity index (χ1n) is 8.89. The summed E-state index contributed by atoms with van der Waals surface area (Å²) in [7, 11) is 0. The summed E-state index contributed by atoms with van der Waals surface area (Å²) in [4.78, 5) is 0. The van der Waals surface area contributed by atoms with Crippen LogP contribution >= 0.6 is 0 Å². The van der Waals surface area contributed by atoms with Gasteiger partial charge in [0.05, 0.1) is 13.1 Å². The lowest BCUT2D eigenvalue weighted by molar-refractivity contribution is -0.0366. The monoisotopic (exact) mass is 344 g/mol. The maximum absolute atomic E-state index is 13.3. The molecule has 0 aliphatic carbocycles. The summed E-state index contributed by atoms with van der Waals surface area (Å²) in [5.74, 6) is -1.20. The second kappa shape index (κ2) is 6.80. The highest BCUT2D eigenvalue weighted by molar-refractivity contribution is 5.82. The topological polar surface area (TPSA) is 39.1 Å². The van der Waals surface area contributed by atoms with Gasteiger partial charge in [0, 0.05) is 30.3 Å². The summed E-state index contributed by atoms with van der Waals surface area (Å²) in [6, 6.07) is 9.04. The highest BCUT2D eigenvalue weighted by Crippen LogP contribution is 2.27. The van der Waals surface area contributed by atoms with E-state index >= 15 is 0 Å². The van der Waals surface area contributed by atoms with Crippen LogP contribution in [0.15, 0.2) is 42.6 Å². The van der Waals surface area contributed by atoms with E-state index in [9.17, 15) is 8.78 Å². The minimum Gasteiger partial charge on any atom is -0.381 e. The number of anilines is 1. The molecule has 1 N–H and O–H groups in total. The first-order valence-corrected chi connectivity index (χ1v) is 8.39. The van der Waals surface area contributed by atoms with E-state index in [0.717, 1.165) is 41.9 Å². The fraction of sp³-hybridized carbons (Fsp3) is 0.316. The molecule has 2 heterocycles. The average molecular weight is 344 g/mol. The minimum absolute atomic E-state index is 0.126. The zero-order valence-electron chi connectivity index (χ0n) is 14.6. The summed E-state index contributed by atoms with van der Waals surface area (Å²) in [5, 5.41) is 8.18. The Labute approximate surface area is 145 Å². The average Bonchev–Trinajstić information content (AvgIpc) is 2.96. The molecule has 1 fully saturated rings. The predicted octanol–water partition coefficient (Wildman–Crippen LogP) is 4.63. The Hall–Kier alpha value is -2.47. The maximum atomic E-state index is 13.3. The number of hydrogen-bond donors (Lipinski definition) is 1. The Morgan fingerprint density at radius 2 is 2.04 bits per heavy atom. The van der Waals surface area contributed by atoms with Crippen LogP contribution in [0.5, 0.6) is 0 Å². The lowest BCUT2D eigenvalue weighted by Crippen LogP contribution is -2.18. The van der Waals surface area contributed by atoms with E-state index in [4.69, 9.17) is 6.11 Å². The molecule has 0 saturated carbocycles. The predicted molar refractivity (Wildman–Crippen MR) is 92.3 cm³/mol. The van der Waals surface area contributed by atoms with Crippen LogP contribution < -0.4 is 5.32 Å². The molecule has 0 radical (unpaired) electrons. The van der Waals surface area contributed by atoms with E-state index in [1.807, 2.05) is 18.2 Å². The number of nitrogens with one attached hydrogen (secondary N) is 1. The Morgan fingerprint density at radius 3 is 2.80 bits per heavy atom. The van der Waals surface area contributed by atoms with Crippen molar-refractivity contribution < 1.29 is 14.9 Å². The summed E-state index contributed by atoms with van der Waals surface area (Å²) in [6.07, 6.45) is 3.09. The molecule has 130 valence electrons. The van der Waals surface area contributed by atoms with Crippen LogP contribution in [0.25, 0.3) is 10.9 Å². The number of aromatic nitrogens is 2. The molecule has 25 heavy (non-hydrogen) atoms. The van der Waals surface area contributed by atoms with E-state index < -0.39 is 11.6 Å². The quantitative estimate of drug-likeness (QED) is 0.750. The second-order valence-corrected chi connectivity index (χ2v) is 6.24. The van der Waals surface area contributed by atoms with Crippen molar-refractivity contribution in [3.05, 3.63) is 59.8 Å². The van der Waals surface area contributed by atoms with Crippen LogP contribution in [0.2, 0.25) is 0 Å². The molecule has 1 atom stereocenters. The molecule has 4 rings (SSSR count). The zero-order chi connectivity index (χ0) is 18.1. The van der Waals surface area contributed by atoms with Gasteiger partial charge in [0.2, 0.25) is 0 Å². The molecule has 3 aromatic rings. The zero-order valence-corrected chi connectivity index (χ0v) is 13.6. The Balaban J connectivity index is 1.56. The molecular weight excluding hydrogens is 324 g/mol. The largest absolute Gasteiger partial charge is 0.381 e. The third kappa shape index (κ3) is 3.49. The minimum atomic E-state index is -0.598. The Kier molecular flexibility index (Phi) is 4.04. The van der Waals surface area contributed by atoms with Crippen LogP contribution in [-0.4, -0.2) is 16.4 Å². The molecule has 0 spiro atoms. The van der Waals surface area contributed by atoms with Crippen LogP contribution in [0.3, 0.4) is 0 Å². The lowest BCUT2D eigenvalue weighted by Gasteiger charge is -2.23. The smallest absolute Gasteiger partial charge is 0.150 e. The molecule has 0 bridgehead atoms. The molecule has 1 unspecified atom stereocenters. The van der Waals surface area contributed by atoms with Gasteiger partial charge in [-0.15, -0.1) is 0 Å². The molecule has 1 aliphatic rings. The van der Waals surface area contributed by atoms with Gasteiger partial charge in [0.15, 0.2) is 6.23 Å². The second-order valence-electron chi connectivity index (χ2n) is 6.24. The molecule has 1 saturated heterocycles. The number of halogens is 2. The van der Waals surface area contributed by atoms with Crippen molar-refractivity contribution in [2.24, 2.45) is 0 Å². The van der Waals surface area contributed by atoms with Gasteiger partial charge in [0.1, 0.15) is 11.6 Å². The van der Waals surface area contributed by atoms with E-state index in [-0.39, 0.29) is 18.9 Å². The highest BCUT2D eigenvalue weighted by Gasteiger charge is 2.18. The van der Waals surface area contributed by atoms with E-state index in [0.29, 0.717) is 12.2 Å². The fourth-order valence-electron chi connectivity index (χ4n) is 3.15. The Morgan fingerprint density at radius 1 is 1.20 bits per heavy atom. The van der Waals surface area contributed by atoms with E-state index in [1.54, 1.807) is 4.68 Å². The number of benzene rings is 2. The number of rotatable bonds is 4. The van der Waals surface area contributed by atoms with Crippen LogP contribution in [0.1, 0.15) is 32.4 Å². The number of ether oxygens (including phenoxy) is 1. The third-order valence-corrected chi connectivity index (χ3v) is 4.37. The number of hydrogen-bond acceptors (Lipinski definition) is 3. The van der Waals surface area contributed by atoms with Crippen molar-refractivity contribution in [1.82, 2.24) is 9.78 Å². The van der Waals surface area contributed by atoms with Gasteiger partial charge < -0.3 is 10.1 Å². The molecule has 6 heteroatoms. The van der Waals surface area contributed by atoms with Gasteiger partial charge in [-0.25, -0.2) is 13.5 Å². The van der Waals surface area contributed by atoms with Gasteiger partial charge in [-0.2, -0.15) is 5.10 Å². The summed E-state index contributed by atoms with van der Waals surface area (Å²) >= 11 is 0. The van der Waals surface area contributed by atoms with Crippen molar-refractivity contribution in [2.75, 3.05) is 11.9 Å². The molecule has 0 amide bonds. The first-order chi connectivity index (χ1) is 12.6. The summed E-state index contributed by atoms with van der Waals surface area (Å²) in [5.41, 5.74) is 2.13. The molecule has 2 aromatic carbocycles. The standard InChI is InChI=1S/C19H19F2N3O/c20-15-7-13(8-16(21)10-15)11-22-17-4-5-18-14(9-17)12-23-24(18)19-3-1-2-6-25-19/h4-5,7-10,12,19,22H,1-3,6,11H2/i12D. The van der Waals surface area contributed by atoms with Gasteiger partial charge in [0.25, 0.3) is 0 Å². The van der Waals surface area contributed by atoms with Gasteiger partial charge in [-0.1, -0.05) is 0 Å². The maximum Gasteiger partial charge on any atom is 0.150 e. The Bertz CT molecular complexity index is 918. The molecule has 1 aliphatic heterocycles. The molecule has 4 nitrogen and oxygen atoms in total. The van der Waals surface area contributed by atoms with Gasteiger partial charge >= 0.3 is 0 Å². The fourth-order valence-corrected chi connectivity index (χ4v) is 3.15. The summed E-state index contributed by atoms with van der Waals surface area (Å²) < 4.78 is 42.3. The number of fused-ring (bicyclic) bond motifs is 1. The SMILES string of the molecule is [2H]c1nn(C2CCCCO2)c2ccc(NCc3cc(F)cc(F)c3)cc12. The number of nitrogens with zero attached hydrogens (tertiary/aromatic N) is 2. The van der Waals surface area contributed by atoms with Gasteiger partial charge in [-0.3, -0.25) is 0 Å². The normalized spacial score (nSPS) is 18.3. The third-order valence-electron chi connectivity index (χ3n) is 4.37. The lowest BCUT2D eigenvalue weighted by atomic mass is 10.1. The van der Waals surface area contributed by atoms with Crippen molar-refractivity contribution in [2.45, 2.75) is 32.0 Å². The van der Waals surface area contributed by atoms with E-state index in [2.05, 4.69) is 10.4 Å². The van der Waals surface area contributed by atoms with Crippen molar-refractivity contribution in [3.63, 3.8) is 0 Å². The van der Waals surface area contributed by atoms with Crippen LogP contribution in [0.4, 0.5) is 14.5 Å². The van der Waals surface area contributed by atoms with Crippen molar-refractivity contribution in [3.8, 4) is 0 Å². The van der Waals surface area contributed by atoms with Crippen molar-refractivity contribution >= 4 is 16.6 Å². The van der Waals surface area contributed by atoms with E-state index in [1.165, 1.54) is 12.1 Å². The van der Waals surface area contributed by atoms with Crippen LogP contribution in [-0.2, 0) is 11.3 Å². The highest BCUT2D eigenvalue weighted by atomic mass is 19.1. The van der Waals surface area contributed by atoms with Gasteiger partial charge in [-0.05, 0) is 55.2 Å². The van der Waals surface area contributed by atoms with Crippen molar-refractivity contribution in [1.29, 1.82) is 0 Å². The first kappa shape index (κ1) is 14.8. The van der Waals surface area contributed by atoms with Crippen LogP contribution in [0, 0.1) is 11.6 Å².